The third-order valence-electron chi connectivity index (χ3n) is 3.85. The van der Waals surface area contributed by atoms with Gasteiger partial charge in [0.15, 0.2) is 0 Å². The van der Waals surface area contributed by atoms with E-state index in [1.807, 2.05) is 26.0 Å². The fraction of sp³-hybridized carbons (Fsp3) is 0.500. The van der Waals surface area contributed by atoms with Gasteiger partial charge < -0.3 is 9.47 Å². The third-order valence-corrected chi connectivity index (χ3v) is 3.85. The van der Waals surface area contributed by atoms with Gasteiger partial charge in [0.25, 0.3) is 0 Å². The Labute approximate surface area is 170 Å². The number of ether oxygens (including phenoxy) is 2. The van der Waals surface area contributed by atoms with Gasteiger partial charge in [0.2, 0.25) is 0 Å². The molecule has 0 unspecified atom stereocenters. The second-order valence-corrected chi connectivity index (χ2v) is 7.33. The number of carbonyl (C=O) groups is 2. The maximum Gasteiger partial charge on any atom is 0.331 e. The molecular formula is C24H36O4. The molecule has 0 fully saturated rings. The van der Waals surface area contributed by atoms with Crippen molar-refractivity contribution in [3.63, 3.8) is 0 Å². The molecule has 0 bridgehead atoms. The van der Waals surface area contributed by atoms with Crippen LogP contribution in [0.1, 0.15) is 67.2 Å². The van der Waals surface area contributed by atoms with Crippen LogP contribution in [-0.4, -0.2) is 25.2 Å². The van der Waals surface area contributed by atoms with Gasteiger partial charge in [-0.25, -0.2) is 9.59 Å². The number of hydrogen-bond acceptors (Lipinski definition) is 4. The molecule has 0 aliphatic heterocycles. The summed E-state index contributed by atoms with van der Waals surface area (Å²) < 4.78 is 10.1. The van der Waals surface area contributed by atoms with Gasteiger partial charge in [-0.3, -0.25) is 0 Å². The van der Waals surface area contributed by atoms with Crippen LogP contribution in [0.25, 0.3) is 0 Å². The minimum Gasteiger partial charge on any atom is -0.458 e. The minimum absolute atomic E-state index is 0.201. The lowest BCUT2D eigenvalue weighted by atomic mass is 10.1. The van der Waals surface area contributed by atoms with Crippen LogP contribution in [0.15, 0.2) is 58.7 Å². The molecule has 0 aliphatic carbocycles. The second-order valence-electron chi connectivity index (χ2n) is 7.33. The standard InChI is InChI=1S/C24H36O4/c1-19(2)9-7-11-21(5)15-17-27-23(25)13-14-24(26)28-18-16-22(6)12-8-10-20(3)4/h9-10,13-16H,7-8,11-12,17-18H2,1-6H3. The van der Waals surface area contributed by atoms with Crippen molar-refractivity contribution in [2.75, 3.05) is 13.2 Å². The summed E-state index contributed by atoms with van der Waals surface area (Å²) in [5, 5.41) is 0. The molecule has 0 aromatic carbocycles. The van der Waals surface area contributed by atoms with Gasteiger partial charge in [-0.05, 0) is 79.4 Å². The van der Waals surface area contributed by atoms with Gasteiger partial charge >= 0.3 is 11.9 Å². The van der Waals surface area contributed by atoms with Crippen molar-refractivity contribution >= 4 is 11.9 Å². The molecule has 0 atom stereocenters. The molecule has 0 aromatic rings. The van der Waals surface area contributed by atoms with E-state index in [0.717, 1.165) is 37.8 Å². The molecule has 0 spiro atoms. The normalized spacial score (nSPS) is 11.9. The van der Waals surface area contributed by atoms with Crippen molar-refractivity contribution in [3.8, 4) is 0 Å². The molecule has 156 valence electrons. The Hall–Kier alpha value is -2.36. The number of rotatable bonds is 12. The van der Waals surface area contributed by atoms with Crippen LogP contribution in [0.4, 0.5) is 0 Å². The summed E-state index contributed by atoms with van der Waals surface area (Å²) in [6.07, 6.45) is 14.1. The van der Waals surface area contributed by atoms with E-state index in [0.29, 0.717) is 0 Å². The summed E-state index contributed by atoms with van der Waals surface area (Å²) >= 11 is 0. The molecule has 0 aromatic heterocycles. The smallest absolute Gasteiger partial charge is 0.331 e. The van der Waals surface area contributed by atoms with Crippen LogP contribution in [0.3, 0.4) is 0 Å². The Balaban J connectivity index is 4.08. The van der Waals surface area contributed by atoms with E-state index in [9.17, 15) is 9.59 Å². The quantitative estimate of drug-likeness (QED) is 0.233. The molecule has 4 heteroatoms. The Kier molecular flexibility index (Phi) is 14.4. The highest BCUT2D eigenvalue weighted by molar-refractivity contribution is 5.91. The Morgan fingerprint density at radius 1 is 0.607 bits per heavy atom. The van der Waals surface area contributed by atoms with Gasteiger partial charge in [-0.15, -0.1) is 0 Å². The van der Waals surface area contributed by atoms with Crippen LogP contribution in [0.2, 0.25) is 0 Å². The average Bonchev–Trinajstić information content (AvgIpc) is 2.59. The molecule has 0 aliphatic rings. The first kappa shape index (κ1) is 25.6. The van der Waals surface area contributed by atoms with Crippen molar-refractivity contribution in [1.29, 1.82) is 0 Å². The first-order valence-electron chi connectivity index (χ1n) is 9.80. The monoisotopic (exact) mass is 388 g/mol. The summed E-state index contributed by atoms with van der Waals surface area (Å²) in [5.41, 5.74) is 4.93. The van der Waals surface area contributed by atoms with Crippen molar-refractivity contribution < 1.29 is 19.1 Å². The fourth-order valence-corrected chi connectivity index (χ4v) is 2.15. The van der Waals surface area contributed by atoms with Crippen LogP contribution < -0.4 is 0 Å². The van der Waals surface area contributed by atoms with E-state index >= 15 is 0 Å². The zero-order valence-electron chi connectivity index (χ0n) is 18.3. The van der Waals surface area contributed by atoms with E-state index in [1.54, 1.807) is 0 Å². The molecule has 4 nitrogen and oxygen atoms in total. The highest BCUT2D eigenvalue weighted by Crippen LogP contribution is 2.07. The van der Waals surface area contributed by atoms with Crippen LogP contribution in [0, 0.1) is 0 Å². The molecule has 28 heavy (non-hydrogen) atoms. The topological polar surface area (TPSA) is 52.6 Å². The minimum atomic E-state index is -0.557. The Bertz CT molecular complexity index is 582. The van der Waals surface area contributed by atoms with Crippen LogP contribution >= 0.6 is 0 Å². The maximum absolute atomic E-state index is 11.6. The largest absolute Gasteiger partial charge is 0.458 e. The van der Waals surface area contributed by atoms with E-state index in [2.05, 4.69) is 39.8 Å². The van der Waals surface area contributed by atoms with Crippen molar-refractivity contribution in [1.82, 2.24) is 0 Å². The van der Waals surface area contributed by atoms with Gasteiger partial charge in [-0.1, -0.05) is 34.4 Å². The molecular weight excluding hydrogens is 352 g/mol. The highest BCUT2D eigenvalue weighted by Gasteiger charge is 2.00. The summed E-state index contributed by atoms with van der Waals surface area (Å²) in [5.74, 6) is -1.11. The number of hydrogen-bond donors (Lipinski definition) is 0. The van der Waals surface area contributed by atoms with Crippen molar-refractivity contribution in [2.24, 2.45) is 0 Å². The molecule has 0 rings (SSSR count). The molecule has 0 saturated carbocycles. The van der Waals surface area contributed by atoms with E-state index < -0.39 is 11.9 Å². The first-order valence-corrected chi connectivity index (χ1v) is 9.80. The lowest BCUT2D eigenvalue weighted by Crippen LogP contribution is -2.05. The number of carbonyl (C=O) groups excluding carboxylic acids is 2. The van der Waals surface area contributed by atoms with Crippen molar-refractivity contribution in [3.05, 3.63) is 58.7 Å². The van der Waals surface area contributed by atoms with E-state index in [1.165, 1.54) is 22.3 Å². The van der Waals surface area contributed by atoms with Gasteiger partial charge in [0.05, 0.1) is 0 Å². The predicted molar refractivity (Wildman–Crippen MR) is 116 cm³/mol. The van der Waals surface area contributed by atoms with E-state index in [-0.39, 0.29) is 13.2 Å². The maximum atomic E-state index is 11.6. The number of allylic oxidation sites excluding steroid dienone is 6. The zero-order valence-corrected chi connectivity index (χ0v) is 18.3. The first-order chi connectivity index (χ1) is 13.2. The molecule has 0 heterocycles. The van der Waals surface area contributed by atoms with E-state index in [4.69, 9.17) is 9.47 Å². The second kappa shape index (κ2) is 15.7. The summed E-state index contributed by atoms with van der Waals surface area (Å²) in [4.78, 5) is 23.2. The Morgan fingerprint density at radius 2 is 0.964 bits per heavy atom. The average molecular weight is 389 g/mol. The predicted octanol–water partition coefficient (Wildman–Crippen LogP) is 6.01. The summed E-state index contributed by atoms with van der Waals surface area (Å²) in [7, 11) is 0. The molecule has 0 saturated heterocycles. The van der Waals surface area contributed by atoms with Crippen molar-refractivity contribution in [2.45, 2.75) is 67.2 Å². The van der Waals surface area contributed by atoms with Crippen LogP contribution in [-0.2, 0) is 19.1 Å². The third kappa shape index (κ3) is 17.1. The molecule has 0 N–H and O–H groups in total. The molecule has 0 radical (unpaired) electrons. The fourth-order valence-electron chi connectivity index (χ4n) is 2.15. The van der Waals surface area contributed by atoms with Gasteiger partial charge in [-0.2, -0.15) is 0 Å². The van der Waals surface area contributed by atoms with Crippen LogP contribution in [0.5, 0.6) is 0 Å². The van der Waals surface area contributed by atoms with Gasteiger partial charge in [0, 0.05) is 12.2 Å². The highest BCUT2D eigenvalue weighted by atomic mass is 16.5. The molecule has 0 amide bonds. The number of esters is 2. The lowest BCUT2D eigenvalue weighted by Gasteiger charge is -2.02. The lowest BCUT2D eigenvalue weighted by molar-refractivity contribution is -0.139. The summed E-state index contributed by atoms with van der Waals surface area (Å²) in [6, 6.07) is 0. The zero-order chi connectivity index (χ0) is 21.4. The SMILES string of the molecule is CC(C)=CCCC(C)=CCOC(=O)C=CC(=O)OCC=C(C)CCC=C(C)C. The summed E-state index contributed by atoms with van der Waals surface area (Å²) in [6.45, 7) is 12.7. The van der Waals surface area contributed by atoms with Gasteiger partial charge in [0.1, 0.15) is 13.2 Å². The Morgan fingerprint density at radius 3 is 1.29 bits per heavy atom.